The molecular weight excluding hydrogens is 250 g/mol. The Morgan fingerprint density at radius 2 is 2.24 bits per heavy atom. The standard InChI is InChI=1S/C8H13N3O5S/c1-17(14,15)10-3-2-9-5-6-4-7(8(12)13)11-16-6/h4,9-10H,2-3,5H2,1H3,(H,12,13). The number of carbonyl (C=O) groups is 1. The second-order valence-corrected chi connectivity index (χ2v) is 5.16. The zero-order chi connectivity index (χ0) is 12.9. The quantitative estimate of drug-likeness (QED) is 0.540. The number of aromatic nitrogens is 1. The van der Waals surface area contributed by atoms with Crippen LogP contribution in [0.4, 0.5) is 0 Å². The highest BCUT2D eigenvalue weighted by Gasteiger charge is 2.09. The zero-order valence-corrected chi connectivity index (χ0v) is 9.95. The van der Waals surface area contributed by atoms with Gasteiger partial charge in [-0.3, -0.25) is 0 Å². The summed E-state index contributed by atoms with van der Waals surface area (Å²) in [5.41, 5.74) is -0.156. The van der Waals surface area contributed by atoms with E-state index in [2.05, 4.69) is 15.2 Å². The van der Waals surface area contributed by atoms with Crippen LogP contribution in [0.25, 0.3) is 0 Å². The number of hydrogen-bond donors (Lipinski definition) is 3. The van der Waals surface area contributed by atoms with Crippen LogP contribution in [0.5, 0.6) is 0 Å². The summed E-state index contributed by atoms with van der Waals surface area (Å²) in [7, 11) is -3.18. The van der Waals surface area contributed by atoms with Gasteiger partial charge in [0.1, 0.15) is 0 Å². The van der Waals surface area contributed by atoms with Crippen LogP contribution in [0.15, 0.2) is 10.6 Å². The molecule has 9 heteroatoms. The largest absolute Gasteiger partial charge is 0.476 e. The first-order valence-corrected chi connectivity index (χ1v) is 6.62. The monoisotopic (exact) mass is 263 g/mol. The van der Waals surface area contributed by atoms with E-state index in [9.17, 15) is 13.2 Å². The second-order valence-electron chi connectivity index (χ2n) is 3.33. The SMILES string of the molecule is CS(=O)(=O)NCCNCc1cc(C(=O)O)no1. The van der Waals surface area contributed by atoms with Crippen LogP contribution in [0.3, 0.4) is 0 Å². The lowest BCUT2D eigenvalue weighted by atomic mass is 10.3. The minimum Gasteiger partial charge on any atom is -0.476 e. The van der Waals surface area contributed by atoms with E-state index in [1.165, 1.54) is 6.07 Å². The highest BCUT2D eigenvalue weighted by Crippen LogP contribution is 2.02. The number of aromatic carboxylic acids is 1. The molecule has 3 N–H and O–H groups in total. The molecule has 0 saturated heterocycles. The molecule has 0 saturated carbocycles. The second kappa shape index (κ2) is 5.75. The highest BCUT2D eigenvalue weighted by molar-refractivity contribution is 7.88. The van der Waals surface area contributed by atoms with Gasteiger partial charge in [0, 0.05) is 19.2 Å². The van der Waals surface area contributed by atoms with Crippen molar-refractivity contribution in [3.63, 3.8) is 0 Å². The Morgan fingerprint density at radius 1 is 1.53 bits per heavy atom. The Morgan fingerprint density at radius 3 is 2.76 bits per heavy atom. The molecule has 0 radical (unpaired) electrons. The molecule has 0 bridgehead atoms. The predicted octanol–water partition coefficient (Wildman–Crippen LogP) is -0.988. The van der Waals surface area contributed by atoms with E-state index >= 15 is 0 Å². The molecule has 0 unspecified atom stereocenters. The summed E-state index contributed by atoms with van der Waals surface area (Å²) in [5.74, 6) is -0.777. The number of carboxylic acid groups (broad SMARTS) is 1. The third-order valence-corrected chi connectivity index (χ3v) is 2.47. The molecule has 17 heavy (non-hydrogen) atoms. The van der Waals surface area contributed by atoms with E-state index in [4.69, 9.17) is 9.63 Å². The number of nitrogens with zero attached hydrogens (tertiary/aromatic N) is 1. The van der Waals surface area contributed by atoms with Gasteiger partial charge in [-0.05, 0) is 0 Å². The van der Waals surface area contributed by atoms with E-state index in [1.54, 1.807) is 0 Å². The van der Waals surface area contributed by atoms with Crippen molar-refractivity contribution in [1.29, 1.82) is 0 Å². The fourth-order valence-corrected chi connectivity index (χ4v) is 1.51. The Kier molecular flexibility index (Phi) is 4.61. The maximum absolute atomic E-state index is 10.7. The Labute approximate surface area is 98.0 Å². The summed E-state index contributed by atoms with van der Waals surface area (Å²) < 4.78 is 28.5. The van der Waals surface area contributed by atoms with Crippen molar-refractivity contribution >= 4 is 16.0 Å². The van der Waals surface area contributed by atoms with Crippen molar-refractivity contribution in [2.75, 3.05) is 19.3 Å². The summed E-state index contributed by atoms with van der Waals surface area (Å²) >= 11 is 0. The number of hydrogen-bond acceptors (Lipinski definition) is 6. The third kappa shape index (κ3) is 5.43. The number of nitrogens with one attached hydrogen (secondary N) is 2. The number of rotatable bonds is 7. The fraction of sp³-hybridized carbons (Fsp3) is 0.500. The molecule has 0 atom stereocenters. The van der Waals surface area contributed by atoms with Crippen LogP contribution in [-0.4, -0.2) is 44.0 Å². The first kappa shape index (κ1) is 13.6. The molecule has 0 aliphatic carbocycles. The summed E-state index contributed by atoms with van der Waals surface area (Å²) in [4.78, 5) is 10.5. The van der Waals surface area contributed by atoms with E-state index < -0.39 is 16.0 Å². The Balaban J connectivity index is 2.24. The van der Waals surface area contributed by atoms with Gasteiger partial charge in [0.15, 0.2) is 11.5 Å². The van der Waals surface area contributed by atoms with Crippen molar-refractivity contribution in [3.05, 3.63) is 17.5 Å². The molecule has 8 nitrogen and oxygen atoms in total. The van der Waals surface area contributed by atoms with Crippen LogP contribution in [0.1, 0.15) is 16.2 Å². The lowest BCUT2D eigenvalue weighted by Gasteiger charge is -2.02. The molecule has 0 aliphatic heterocycles. The van der Waals surface area contributed by atoms with Gasteiger partial charge in [0.05, 0.1) is 12.8 Å². The van der Waals surface area contributed by atoms with Gasteiger partial charge in [0.2, 0.25) is 10.0 Å². The minimum absolute atomic E-state index is 0.156. The van der Waals surface area contributed by atoms with Crippen molar-refractivity contribution in [2.24, 2.45) is 0 Å². The molecule has 1 aromatic heterocycles. The molecule has 0 aromatic carbocycles. The maximum atomic E-state index is 10.7. The summed E-state index contributed by atoms with van der Waals surface area (Å²) in [6.07, 6.45) is 1.07. The van der Waals surface area contributed by atoms with Gasteiger partial charge in [-0.25, -0.2) is 17.9 Å². The zero-order valence-electron chi connectivity index (χ0n) is 9.13. The first-order valence-electron chi connectivity index (χ1n) is 4.73. The molecule has 1 aromatic rings. The summed E-state index contributed by atoms with van der Waals surface area (Å²) in [6, 6.07) is 1.30. The molecule has 0 aliphatic rings. The summed E-state index contributed by atoms with van der Waals surface area (Å²) in [5, 5.41) is 14.8. The van der Waals surface area contributed by atoms with Crippen LogP contribution < -0.4 is 10.0 Å². The van der Waals surface area contributed by atoms with Gasteiger partial charge in [-0.1, -0.05) is 5.16 Å². The topological polar surface area (TPSA) is 122 Å². The predicted molar refractivity (Wildman–Crippen MR) is 58.0 cm³/mol. The number of carboxylic acids is 1. The van der Waals surface area contributed by atoms with Crippen molar-refractivity contribution in [1.82, 2.24) is 15.2 Å². The normalized spacial score (nSPS) is 11.6. The van der Waals surface area contributed by atoms with Crippen LogP contribution in [-0.2, 0) is 16.6 Å². The van der Waals surface area contributed by atoms with E-state index in [0.29, 0.717) is 12.3 Å². The third-order valence-electron chi connectivity index (χ3n) is 1.74. The lowest BCUT2D eigenvalue weighted by Crippen LogP contribution is -2.30. The average Bonchev–Trinajstić information content (AvgIpc) is 2.64. The van der Waals surface area contributed by atoms with Gasteiger partial charge >= 0.3 is 5.97 Å². The molecular formula is C8H13N3O5S. The van der Waals surface area contributed by atoms with Crippen molar-refractivity contribution in [3.8, 4) is 0 Å². The van der Waals surface area contributed by atoms with E-state index in [0.717, 1.165) is 6.26 Å². The Bertz CT molecular complexity index is 481. The van der Waals surface area contributed by atoms with Crippen molar-refractivity contribution < 1.29 is 22.8 Å². The first-order chi connectivity index (χ1) is 7.88. The highest BCUT2D eigenvalue weighted by atomic mass is 32.2. The van der Waals surface area contributed by atoms with E-state index in [-0.39, 0.29) is 18.8 Å². The van der Waals surface area contributed by atoms with Gasteiger partial charge < -0.3 is 14.9 Å². The van der Waals surface area contributed by atoms with E-state index in [1.807, 2.05) is 0 Å². The van der Waals surface area contributed by atoms with Gasteiger partial charge in [-0.2, -0.15) is 0 Å². The molecule has 0 fully saturated rings. The van der Waals surface area contributed by atoms with Crippen LogP contribution in [0.2, 0.25) is 0 Å². The maximum Gasteiger partial charge on any atom is 0.358 e. The van der Waals surface area contributed by atoms with Crippen LogP contribution in [0, 0.1) is 0 Å². The molecule has 0 spiro atoms. The smallest absolute Gasteiger partial charge is 0.358 e. The van der Waals surface area contributed by atoms with Gasteiger partial charge in [0.25, 0.3) is 0 Å². The fourth-order valence-electron chi connectivity index (χ4n) is 1.03. The van der Waals surface area contributed by atoms with Crippen molar-refractivity contribution in [2.45, 2.75) is 6.54 Å². The molecule has 1 rings (SSSR count). The average molecular weight is 263 g/mol. The minimum atomic E-state index is -3.18. The Hall–Kier alpha value is -1.45. The molecule has 96 valence electrons. The number of sulfonamides is 1. The van der Waals surface area contributed by atoms with Gasteiger partial charge in [-0.15, -0.1) is 0 Å². The summed E-state index contributed by atoms with van der Waals surface area (Å²) in [6.45, 7) is 0.931. The molecule has 1 heterocycles. The molecule has 0 amide bonds. The lowest BCUT2D eigenvalue weighted by molar-refractivity contribution is 0.0685. The van der Waals surface area contributed by atoms with Crippen LogP contribution >= 0.6 is 0 Å².